The van der Waals surface area contributed by atoms with Crippen LogP contribution in [0.1, 0.15) is 18.4 Å². The number of benzene rings is 1. The molecule has 0 saturated heterocycles. The number of nitrogens with one attached hydrogen (secondary N) is 1. The SMILES string of the molecule is C#CC(C)c1cccc(-c2nn[nH]n2)c1. The average Bonchev–Trinajstić information content (AvgIpc) is 2.82. The van der Waals surface area contributed by atoms with Gasteiger partial charge < -0.3 is 0 Å². The molecule has 2 rings (SSSR count). The van der Waals surface area contributed by atoms with Gasteiger partial charge in [-0.3, -0.25) is 0 Å². The maximum Gasteiger partial charge on any atom is 0.204 e. The number of hydrogen-bond donors (Lipinski definition) is 1. The van der Waals surface area contributed by atoms with Crippen molar-refractivity contribution >= 4 is 0 Å². The molecule has 0 aliphatic heterocycles. The molecule has 4 heteroatoms. The number of aromatic amines is 1. The molecule has 0 saturated carbocycles. The summed E-state index contributed by atoms with van der Waals surface area (Å²) in [5.41, 5.74) is 2.00. The van der Waals surface area contributed by atoms with Crippen LogP contribution in [0, 0.1) is 12.3 Å². The van der Waals surface area contributed by atoms with E-state index < -0.39 is 0 Å². The van der Waals surface area contributed by atoms with E-state index in [4.69, 9.17) is 6.42 Å². The summed E-state index contributed by atoms with van der Waals surface area (Å²) in [4.78, 5) is 0. The monoisotopic (exact) mass is 198 g/mol. The fraction of sp³-hybridized carbons (Fsp3) is 0.182. The number of rotatable bonds is 2. The topological polar surface area (TPSA) is 54.5 Å². The molecular weight excluding hydrogens is 188 g/mol. The van der Waals surface area contributed by atoms with Crippen LogP contribution >= 0.6 is 0 Å². The van der Waals surface area contributed by atoms with Crippen LogP contribution in [-0.2, 0) is 0 Å². The number of aromatic nitrogens is 4. The van der Waals surface area contributed by atoms with E-state index in [0.717, 1.165) is 11.1 Å². The Bertz CT molecular complexity index is 482. The summed E-state index contributed by atoms with van der Waals surface area (Å²) in [5, 5.41) is 13.8. The van der Waals surface area contributed by atoms with Gasteiger partial charge in [0.05, 0.1) is 0 Å². The minimum Gasteiger partial charge on any atom is -0.177 e. The van der Waals surface area contributed by atoms with Crippen LogP contribution in [0.4, 0.5) is 0 Å². The van der Waals surface area contributed by atoms with E-state index in [1.807, 2.05) is 31.2 Å². The van der Waals surface area contributed by atoms with E-state index in [9.17, 15) is 0 Å². The van der Waals surface area contributed by atoms with Crippen molar-refractivity contribution in [1.82, 2.24) is 20.6 Å². The average molecular weight is 198 g/mol. The number of H-pyrrole nitrogens is 1. The lowest BCUT2D eigenvalue weighted by molar-refractivity contribution is 0.881. The van der Waals surface area contributed by atoms with Crippen LogP contribution in [-0.4, -0.2) is 20.6 Å². The summed E-state index contributed by atoms with van der Waals surface area (Å²) >= 11 is 0. The van der Waals surface area contributed by atoms with Crippen LogP contribution in [0.3, 0.4) is 0 Å². The predicted molar refractivity (Wildman–Crippen MR) is 56.9 cm³/mol. The Balaban J connectivity index is 2.40. The summed E-state index contributed by atoms with van der Waals surface area (Å²) < 4.78 is 0. The number of nitrogens with zero attached hydrogens (tertiary/aromatic N) is 3. The second-order valence-corrected chi connectivity index (χ2v) is 3.25. The molecule has 1 heterocycles. The summed E-state index contributed by atoms with van der Waals surface area (Å²) in [7, 11) is 0. The van der Waals surface area contributed by atoms with Gasteiger partial charge >= 0.3 is 0 Å². The molecule has 0 radical (unpaired) electrons. The zero-order valence-electron chi connectivity index (χ0n) is 8.31. The van der Waals surface area contributed by atoms with Gasteiger partial charge in [-0.25, -0.2) is 0 Å². The zero-order valence-corrected chi connectivity index (χ0v) is 8.31. The molecule has 1 atom stereocenters. The van der Waals surface area contributed by atoms with Crippen LogP contribution in [0.2, 0.25) is 0 Å². The highest BCUT2D eigenvalue weighted by atomic mass is 15.5. The molecule has 2 aromatic rings. The quantitative estimate of drug-likeness (QED) is 0.746. The lowest BCUT2D eigenvalue weighted by Gasteiger charge is -2.04. The second kappa shape index (κ2) is 3.93. The molecule has 1 aromatic carbocycles. The van der Waals surface area contributed by atoms with Gasteiger partial charge in [-0.15, -0.1) is 16.6 Å². The molecule has 4 nitrogen and oxygen atoms in total. The molecule has 1 unspecified atom stereocenters. The molecule has 0 fully saturated rings. The minimum atomic E-state index is 0.0943. The second-order valence-electron chi connectivity index (χ2n) is 3.25. The van der Waals surface area contributed by atoms with Crippen molar-refractivity contribution < 1.29 is 0 Å². The van der Waals surface area contributed by atoms with E-state index in [1.54, 1.807) is 0 Å². The van der Waals surface area contributed by atoms with Crippen LogP contribution in [0.25, 0.3) is 11.4 Å². The van der Waals surface area contributed by atoms with Crippen molar-refractivity contribution in [2.45, 2.75) is 12.8 Å². The molecule has 0 aliphatic rings. The first-order valence-electron chi connectivity index (χ1n) is 4.61. The normalized spacial score (nSPS) is 12.0. The minimum absolute atomic E-state index is 0.0943. The molecule has 74 valence electrons. The smallest absolute Gasteiger partial charge is 0.177 e. The summed E-state index contributed by atoms with van der Waals surface area (Å²) in [6, 6.07) is 7.84. The molecule has 1 aromatic heterocycles. The van der Waals surface area contributed by atoms with Crippen molar-refractivity contribution in [3.8, 4) is 23.7 Å². The van der Waals surface area contributed by atoms with Crippen molar-refractivity contribution in [2.24, 2.45) is 0 Å². The Hall–Kier alpha value is -2.15. The van der Waals surface area contributed by atoms with Crippen LogP contribution < -0.4 is 0 Å². The van der Waals surface area contributed by atoms with Crippen molar-refractivity contribution in [3.63, 3.8) is 0 Å². The fourth-order valence-corrected chi connectivity index (χ4v) is 1.33. The van der Waals surface area contributed by atoms with Gasteiger partial charge in [0.2, 0.25) is 5.82 Å². The largest absolute Gasteiger partial charge is 0.204 e. The molecule has 1 N–H and O–H groups in total. The Kier molecular flexibility index (Phi) is 2.46. The van der Waals surface area contributed by atoms with E-state index in [2.05, 4.69) is 26.5 Å². The third kappa shape index (κ3) is 1.86. The first kappa shape index (κ1) is 9.41. The van der Waals surface area contributed by atoms with Crippen molar-refractivity contribution in [3.05, 3.63) is 29.8 Å². The summed E-state index contributed by atoms with van der Waals surface area (Å²) in [6.45, 7) is 1.98. The zero-order chi connectivity index (χ0) is 10.7. The third-order valence-corrected chi connectivity index (χ3v) is 2.24. The van der Waals surface area contributed by atoms with Crippen molar-refractivity contribution in [2.75, 3.05) is 0 Å². The molecular formula is C11H10N4. The Morgan fingerprint density at radius 3 is 3.00 bits per heavy atom. The van der Waals surface area contributed by atoms with Crippen LogP contribution in [0.5, 0.6) is 0 Å². The standard InChI is InChI=1S/C11H10N4/c1-3-8(2)9-5-4-6-10(7-9)11-12-14-15-13-11/h1,4-8H,2H3,(H,12,13,14,15). The number of tetrazole rings is 1. The van der Waals surface area contributed by atoms with Gasteiger partial charge in [0.15, 0.2) is 0 Å². The fourth-order valence-electron chi connectivity index (χ4n) is 1.33. The maximum atomic E-state index is 5.37. The number of terminal acetylenes is 1. The molecule has 0 aliphatic carbocycles. The Morgan fingerprint density at radius 1 is 1.47 bits per heavy atom. The molecule has 0 spiro atoms. The van der Waals surface area contributed by atoms with E-state index >= 15 is 0 Å². The van der Waals surface area contributed by atoms with Gasteiger partial charge in [0, 0.05) is 11.5 Å². The maximum absolute atomic E-state index is 5.37. The first-order chi connectivity index (χ1) is 7.31. The highest BCUT2D eigenvalue weighted by molar-refractivity contribution is 5.55. The summed E-state index contributed by atoms with van der Waals surface area (Å²) in [6.07, 6.45) is 5.37. The van der Waals surface area contributed by atoms with Gasteiger partial charge in [-0.05, 0) is 23.8 Å². The lowest BCUT2D eigenvalue weighted by atomic mass is 10.00. The van der Waals surface area contributed by atoms with E-state index in [-0.39, 0.29) is 5.92 Å². The van der Waals surface area contributed by atoms with Gasteiger partial charge in [0.25, 0.3) is 0 Å². The van der Waals surface area contributed by atoms with Gasteiger partial charge in [-0.2, -0.15) is 5.21 Å². The third-order valence-electron chi connectivity index (χ3n) is 2.24. The number of hydrogen-bond acceptors (Lipinski definition) is 3. The first-order valence-corrected chi connectivity index (χ1v) is 4.61. The molecule has 15 heavy (non-hydrogen) atoms. The van der Waals surface area contributed by atoms with E-state index in [1.165, 1.54) is 0 Å². The van der Waals surface area contributed by atoms with Crippen molar-refractivity contribution in [1.29, 1.82) is 0 Å². The summed E-state index contributed by atoms with van der Waals surface area (Å²) in [5.74, 6) is 3.37. The Morgan fingerprint density at radius 2 is 2.33 bits per heavy atom. The Labute approximate surface area is 87.7 Å². The lowest BCUT2D eigenvalue weighted by Crippen LogP contribution is -1.90. The van der Waals surface area contributed by atoms with Gasteiger partial charge in [0.1, 0.15) is 0 Å². The highest BCUT2D eigenvalue weighted by Crippen LogP contribution is 2.20. The predicted octanol–water partition coefficient (Wildman–Crippen LogP) is 1.60. The molecule has 0 amide bonds. The molecule has 0 bridgehead atoms. The van der Waals surface area contributed by atoms with E-state index in [0.29, 0.717) is 5.82 Å². The van der Waals surface area contributed by atoms with Crippen LogP contribution in [0.15, 0.2) is 24.3 Å². The van der Waals surface area contributed by atoms with Gasteiger partial charge in [-0.1, -0.05) is 24.1 Å². The highest BCUT2D eigenvalue weighted by Gasteiger charge is 2.06.